The molecule has 0 radical (unpaired) electrons. The minimum atomic E-state index is 0.102. The van der Waals surface area contributed by atoms with Crippen LogP contribution in [0.25, 0.3) is 10.8 Å². The first-order chi connectivity index (χ1) is 11.8. The molecule has 3 aromatic heterocycles. The third-order valence-corrected chi connectivity index (χ3v) is 5.85. The number of rotatable bonds is 4. The van der Waals surface area contributed by atoms with Crippen molar-refractivity contribution in [1.29, 1.82) is 0 Å². The second-order valence-electron chi connectivity index (χ2n) is 6.60. The molecule has 1 aliphatic carbocycles. The fourth-order valence-electron chi connectivity index (χ4n) is 3.41. The maximum atomic E-state index is 5.91. The summed E-state index contributed by atoms with van der Waals surface area (Å²) in [7, 11) is 0. The molecule has 4 heterocycles. The lowest BCUT2D eigenvalue weighted by atomic mass is 10.1. The Hall–Kier alpha value is -1.99. The zero-order chi connectivity index (χ0) is 16.1. The van der Waals surface area contributed by atoms with Crippen molar-refractivity contribution >= 4 is 11.3 Å². The van der Waals surface area contributed by atoms with Gasteiger partial charge in [-0.2, -0.15) is 0 Å². The molecule has 0 unspecified atom stereocenters. The topological polar surface area (TPSA) is 60.0 Å². The van der Waals surface area contributed by atoms with E-state index in [9.17, 15) is 0 Å². The Balaban J connectivity index is 1.35. The maximum Gasteiger partial charge on any atom is 0.257 e. The quantitative estimate of drug-likeness (QED) is 0.727. The van der Waals surface area contributed by atoms with Crippen LogP contribution in [0.2, 0.25) is 0 Å². The molecular weight excluding hydrogens is 322 g/mol. The Labute approximate surface area is 144 Å². The van der Waals surface area contributed by atoms with Crippen molar-refractivity contribution < 1.29 is 4.42 Å². The molecule has 1 fully saturated rings. The lowest BCUT2D eigenvalue weighted by Gasteiger charge is -2.30. The molecule has 1 aliphatic heterocycles. The van der Waals surface area contributed by atoms with E-state index in [-0.39, 0.29) is 6.04 Å². The van der Waals surface area contributed by atoms with Crippen LogP contribution in [0, 0.1) is 0 Å². The van der Waals surface area contributed by atoms with Gasteiger partial charge in [0.1, 0.15) is 0 Å². The van der Waals surface area contributed by atoms with Gasteiger partial charge in [-0.3, -0.25) is 4.90 Å². The van der Waals surface area contributed by atoms with Gasteiger partial charge in [0.15, 0.2) is 0 Å². The summed E-state index contributed by atoms with van der Waals surface area (Å²) in [5.41, 5.74) is 2.63. The lowest BCUT2D eigenvalue weighted by Crippen LogP contribution is -2.33. The van der Waals surface area contributed by atoms with E-state index in [0.29, 0.717) is 17.8 Å². The molecule has 0 amide bonds. The molecule has 2 aliphatic rings. The lowest BCUT2D eigenvalue weighted by molar-refractivity contribution is 0.163. The van der Waals surface area contributed by atoms with Gasteiger partial charge >= 0.3 is 0 Å². The zero-order valence-corrected chi connectivity index (χ0v) is 14.4. The third-order valence-electron chi connectivity index (χ3n) is 4.99. The van der Waals surface area contributed by atoms with Crippen molar-refractivity contribution in [3.05, 3.63) is 41.1 Å². The number of hydrogen-bond acceptors (Lipinski definition) is 6. The summed E-state index contributed by atoms with van der Waals surface area (Å²) >= 11 is 1.62. The SMILES string of the molecule is C[C@@H](c1nnc(-c2cccs2)o1)N1CCc2c(ncn2C2CC2)C1. The molecule has 1 saturated carbocycles. The summed E-state index contributed by atoms with van der Waals surface area (Å²) in [6, 6.07) is 4.81. The summed E-state index contributed by atoms with van der Waals surface area (Å²) in [5, 5.41) is 10.5. The molecule has 5 rings (SSSR count). The molecule has 3 aromatic rings. The van der Waals surface area contributed by atoms with Crippen molar-refractivity contribution in [3.63, 3.8) is 0 Å². The van der Waals surface area contributed by atoms with Gasteiger partial charge in [0.25, 0.3) is 5.89 Å². The van der Waals surface area contributed by atoms with E-state index in [1.165, 1.54) is 24.2 Å². The number of nitrogens with zero attached hydrogens (tertiary/aromatic N) is 5. The van der Waals surface area contributed by atoms with Crippen LogP contribution in [0.15, 0.2) is 28.3 Å². The van der Waals surface area contributed by atoms with Crippen LogP contribution < -0.4 is 0 Å². The van der Waals surface area contributed by atoms with Gasteiger partial charge in [-0.05, 0) is 31.2 Å². The highest BCUT2D eigenvalue weighted by molar-refractivity contribution is 7.13. The van der Waals surface area contributed by atoms with E-state index in [0.717, 1.165) is 24.4 Å². The number of thiophene rings is 1. The highest BCUT2D eigenvalue weighted by Crippen LogP contribution is 2.38. The summed E-state index contributed by atoms with van der Waals surface area (Å²) in [4.78, 5) is 8.04. The number of fused-ring (bicyclic) bond motifs is 1. The second kappa shape index (κ2) is 5.53. The van der Waals surface area contributed by atoms with E-state index in [2.05, 4.69) is 31.6 Å². The Bertz CT molecular complexity index is 848. The maximum absolute atomic E-state index is 5.91. The average Bonchev–Trinajstić information content (AvgIpc) is 3.06. The Morgan fingerprint density at radius 1 is 1.33 bits per heavy atom. The minimum absolute atomic E-state index is 0.102. The van der Waals surface area contributed by atoms with E-state index >= 15 is 0 Å². The highest BCUT2D eigenvalue weighted by Gasteiger charge is 2.32. The van der Waals surface area contributed by atoms with Crippen molar-refractivity contribution in [2.24, 2.45) is 0 Å². The predicted molar refractivity (Wildman–Crippen MR) is 90.6 cm³/mol. The van der Waals surface area contributed by atoms with Crippen LogP contribution in [-0.2, 0) is 13.0 Å². The normalized spacial score (nSPS) is 19.4. The fraction of sp³-hybridized carbons (Fsp3) is 0.471. The number of aromatic nitrogens is 4. The molecule has 0 bridgehead atoms. The van der Waals surface area contributed by atoms with Gasteiger partial charge in [-0.1, -0.05) is 6.07 Å². The summed E-state index contributed by atoms with van der Waals surface area (Å²) in [6.07, 6.45) is 5.67. The zero-order valence-electron chi connectivity index (χ0n) is 13.6. The summed E-state index contributed by atoms with van der Waals surface area (Å²) < 4.78 is 8.29. The van der Waals surface area contributed by atoms with Crippen molar-refractivity contribution in [3.8, 4) is 10.8 Å². The number of hydrogen-bond donors (Lipinski definition) is 0. The molecule has 0 saturated heterocycles. The first kappa shape index (κ1) is 14.4. The van der Waals surface area contributed by atoms with Crippen molar-refractivity contribution in [2.75, 3.05) is 6.54 Å². The molecule has 7 heteroatoms. The van der Waals surface area contributed by atoms with E-state index in [1.807, 2.05) is 23.8 Å². The predicted octanol–water partition coefficient (Wildman–Crippen LogP) is 3.45. The van der Waals surface area contributed by atoms with Gasteiger partial charge in [0.05, 0.1) is 22.9 Å². The van der Waals surface area contributed by atoms with Crippen molar-refractivity contribution in [2.45, 2.75) is 44.8 Å². The van der Waals surface area contributed by atoms with Gasteiger partial charge < -0.3 is 8.98 Å². The van der Waals surface area contributed by atoms with E-state index < -0.39 is 0 Å². The van der Waals surface area contributed by atoms with Crippen LogP contribution >= 0.6 is 11.3 Å². The van der Waals surface area contributed by atoms with Crippen LogP contribution in [0.4, 0.5) is 0 Å². The Morgan fingerprint density at radius 2 is 2.25 bits per heavy atom. The largest absolute Gasteiger partial charge is 0.418 e. The highest BCUT2D eigenvalue weighted by atomic mass is 32.1. The fourth-order valence-corrected chi connectivity index (χ4v) is 4.05. The second-order valence-corrected chi connectivity index (χ2v) is 7.54. The molecule has 6 nitrogen and oxygen atoms in total. The molecule has 0 spiro atoms. The first-order valence-corrected chi connectivity index (χ1v) is 9.33. The molecule has 124 valence electrons. The van der Waals surface area contributed by atoms with Gasteiger partial charge in [0, 0.05) is 31.2 Å². The Morgan fingerprint density at radius 3 is 3.04 bits per heavy atom. The van der Waals surface area contributed by atoms with Crippen molar-refractivity contribution in [1.82, 2.24) is 24.6 Å². The van der Waals surface area contributed by atoms with E-state index in [4.69, 9.17) is 4.42 Å². The van der Waals surface area contributed by atoms with Crippen LogP contribution in [-0.4, -0.2) is 31.2 Å². The number of imidazole rings is 1. The first-order valence-electron chi connectivity index (χ1n) is 8.45. The van der Waals surface area contributed by atoms with Crippen LogP contribution in [0.5, 0.6) is 0 Å². The monoisotopic (exact) mass is 341 g/mol. The average molecular weight is 341 g/mol. The molecule has 0 aromatic carbocycles. The summed E-state index contributed by atoms with van der Waals surface area (Å²) in [5.74, 6) is 1.30. The molecule has 1 atom stereocenters. The standard InChI is InChI=1S/C17H19N5OS/c1-11(16-19-20-17(23-16)15-3-2-8-24-15)21-7-6-14-13(9-21)18-10-22(14)12-4-5-12/h2-3,8,10-12H,4-7,9H2,1H3/t11-/m0/s1. The third kappa shape index (κ3) is 2.39. The van der Waals surface area contributed by atoms with Gasteiger partial charge in [-0.25, -0.2) is 4.98 Å². The van der Waals surface area contributed by atoms with Crippen LogP contribution in [0.1, 0.15) is 49.1 Å². The molecular formula is C17H19N5OS. The Kier molecular flexibility index (Phi) is 3.31. The van der Waals surface area contributed by atoms with E-state index in [1.54, 1.807) is 11.3 Å². The minimum Gasteiger partial charge on any atom is -0.418 e. The summed E-state index contributed by atoms with van der Waals surface area (Å²) in [6.45, 7) is 3.99. The van der Waals surface area contributed by atoms with Gasteiger partial charge in [-0.15, -0.1) is 21.5 Å². The smallest absolute Gasteiger partial charge is 0.257 e. The molecule has 24 heavy (non-hydrogen) atoms. The van der Waals surface area contributed by atoms with Crippen LogP contribution in [0.3, 0.4) is 0 Å². The molecule has 0 N–H and O–H groups in total. The van der Waals surface area contributed by atoms with Gasteiger partial charge in [0.2, 0.25) is 5.89 Å².